The minimum atomic E-state index is -3.14. The summed E-state index contributed by atoms with van der Waals surface area (Å²) in [6, 6.07) is 5.49. The zero-order valence-electron chi connectivity index (χ0n) is 12.3. The summed E-state index contributed by atoms with van der Waals surface area (Å²) in [5, 5.41) is 0.180. The van der Waals surface area contributed by atoms with E-state index in [-0.39, 0.29) is 29.4 Å². The number of amidine groups is 1. The molecule has 1 aromatic carbocycles. The molecule has 3 rings (SSSR count). The van der Waals surface area contributed by atoms with Gasteiger partial charge in [0.15, 0.2) is 15.0 Å². The Kier molecular flexibility index (Phi) is 4.43. The predicted molar refractivity (Wildman–Crippen MR) is 87.0 cm³/mol. The number of benzene rings is 1. The van der Waals surface area contributed by atoms with Gasteiger partial charge in [-0.3, -0.25) is 4.79 Å². The van der Waals surface area contributed by atoms with Crippen molar-refractivity contribution in [2.24, 2.45) is 4.99 Å². The fourth-order valence-corrected chi connectivity index (χ4v) is 6.69. The molecular formula is C14H15FN2O4S2. The van der Waals surface area contributed by atoms with E-state index in [2.05, 4.69) is 4.99 Å². The first kappa shape index (κ1) is 16.4. The first-order valence-corrected chi connectivity index (χ1v) is 9.62. The van der Waals surface area contributed by atoms with Gasteiger partial charge in [0.25, 0.3) is 5.91 Å². The monoisotopic (exact) mass is 358 g/mol. The lowest BCUT2D eigenvalue weighted by Crippen LogP contribution is -2.37. The molecule has 2 aliphatic rings. The van der Waals surface area contributed by atoms with Crippen molar-refractivity contribution in [1.29, 1.82) is 0 Å². The summed E-state index contributed by atoms with van der Waals surface area (Å²) in [6.45, 7) is -0.158. The number of rotatable bonds is 3. The number of ether oxygens (including phenoxy) is 1. The molecule has 6 nitrogen and oxygen atoms in total. The molecule has 2 fully saturated rings. The maximum absolute atomic E-state index is 13.5. The number of methoxy groups -OCH3 is 1. The van der Waals surface area contributed by atoms with E-state index in [0.717, 1.165) is 0 Å². The van der Waals surface area contributed by atoms with E-state index in [1.54, 1.807) is 17.0 Å². The third kappa shape index (κ3) is 3.41. The van der Waals surface area contributed by atoms with Crippen LogP contribution in [0.15, 0.2) is 29.3 Å². The highest BCUT2D eigenvalue weighted by Gasteiger charge is 2.49. The van der Waals surface area contributed by atoms with Crippen LogP contribution in [0.3, 0.4) is 0 Å². The third-order valence-corrected chi connectivity index (χ3v) is 6.85. The average Bonchev–Trinajstić information content (AvgIpc) is 2.89. The van der Waals surface area contributed by atoms with Crippen molar-refractivity contribution in [2.45, 2.75) is 11.3 Å². The third-order valence-electron chi connectivity index (χ3n) is 3.64. The van der Waals surface area contributed by atoms with Crippen molar-refractivity contribution < 1.29 is 22.3 Å². The lowest BCUT2D eigenvalue weighted by atomic mass is 10.2. The minimum Gasteiger partial charge on any atom is -0.375 e. The molecule has 2 heterocycles. The van der Waals surface area contributed by atoms with Crippen LogP contribution in [-0.2, 0) is 19.4 Å². The molecule has 0 saturated carbocycles. The van der Waals surface area contributed by atoms with Gasteiger partial charge in [-0.1, -0.05) is 17.8 Å². The summed E-state index contributed by atoms with van der Waals surface area (Å²) in [6.07, 6.45) is 0. The summed E-state index contributed by atoms with van der Waals surface area (Å²) in [5.74, 6) is -0.886. The van der Waals surface area contributed by atoms with Crippen LogP contribution in [0, 0.1) is 5.82 Å². The topological polar surface area (TPSA) is 76.0 Å². The number of nitrogens with zero attached hydrogens (tertiary/aromatic N) is 2. The highest BCUT2D eigenvalue weighted by atomic mass is 32.2. The fourth-order valence-electron chi connectivity index (χ4n) is 2.75. The standard InChI is InChI=1S/C14H15FN2O4S2/c1-21-6-13(18)16-14-17(10-4-2-3-9(15)5-10)11-7-23(19,20)8-12(11)22-14/h2-5,11-12H,6-8H2,1H3/t11-,12-/m0/s1. The van der Waals surface area contributed by atoms with Crippen molar-refractivity contribution in [1.82, 2.24) is 0 Å². The van der Waals surface area contributed by atoms with E-state index in [4.69, 9.17) is 4.74 Å². The number of halogens is 1. The summed E-state index contributed by atoms with van der Waals surface area (Å²) in [5.41, 5.74) is 0.492. The van der Waals surface area contributed by atoms with Gasteiger partial charge in [-0.2, -0.15) is 4.99 Å². The maximum Gasteiger partial charge on any atom is 0.274 e. The molecule has 9 heteroatoms. The van der Waals surface area contributed by atoms with E-state index in [0.29, 0.717) is 10.9 Å². The number of carbonyl (C=O) groups excluding carboxylic acids is 1. The Hall–Kier alpha value is -1.45. The Morgan fingerprint density at radius 3 is 2.96 bits per heavy atom. The Morgan fingerprint density at radius 1 is 1.48 bits per heavy atom. The lowest BCUT2D eigenvalue weighted by Gasteiger charge is -2.24. The molecule has 0 N–H and O–H groups in total. The number of hydrogen-bond acceptors (Lipinski definition) is 5. The van der Waals surface area contributed by atoms with Crippen molar-refractivity contribution in [3.8, 4) is 0 Å². The summed E-state index contributed by atoms with van der Waals surface area (Å²) < 4.78 is 42.1. The van der Waals surface area contributed by atoms with Crippen molar-refractivity contribution >= 4 is 38.4 Å². The number of aliphatic imine (C=N–C) groups is 1. The second-order valence-corrected chi connectivity index (χ2v) is 8.73. The van der Waals surface area contributed by atoms with Gasteiger partial charge >= 0.3 is 0 Å². The smallest absolute Gasteiger partial charge is 0.274 e. The maximum atomic E-state index is 13.5. The predicted octanol–water partition coefficient (Wildman–Crippen LogP) is 1.07. The van der Waals surface area contributed by atoms with Gasteiger partial charge in [-0.15, -0.1) is 0 Å². The second kappa shape index (κ2) is 6.21. The number of sulfone groups is 1. The number of fused-ring (bicyclic) bond motifs is 1. The van der Waals surface area contributed by atoms with Gasteiger partial charge in [-0.05, 0) is 18.2 Å². The molecule has 2 saturated heterocycles. The Labute approximate surface area is 137 Å². The molecule has 124 valence electrons. The van der Waals surface area contributed by atoms with Gasteiger partial charge in [0.1, 0.15) is 12.4 Å². The molecule has 0 unspecified atom stereocenters. The molecule has 1 aromatic rings. The van der Waals surface area contributed by atoms with Gasteiger partial charge < -0.3 is 9.64 Å². The molecular weight excluding hydrogens is 343 g/mol. The van der Waals surface area contributed by atoms with Crippen LogP contribution in [0.2, 0.25) is 0 Å². The van der Waals surface area contributed by atoms with Crippen LogP contribution in [0.1, 0.15) is 0 Å². The zero-order chi connectivity index (χ0) is 16.6. The Balaban J connectivity index is 1.99. The van der Waals surface area contributed by atoms with Gasteiger partial charge in [0.05, 0.1) is 17.5 Å². The van der Waals surface area contributed by atoms with Crippen LogP contribution in [-0.4, -0.2) is 56.0 Å². The lowest BCUT2D eigenvalue weighted by molar-refractivity contribution is -0.121. The molecule has 0 spiro atoms. The van der Waals surface area contributed by atoms with E-state index in [1.807, 2.05) is 0 Å². The first-order valence-electron chi connectivity index (χ1n) is 6.92. The van der Waals surface area contributed by atoms with Crippen LogP contribution in [0.25, 0.3) is 0 Å². The molecule has 0 aromatic heterocycles. The number of thioether (sulfide) groups is 1. The largest absolute Gasteiger partial charge is 0.375 e. The van der Waals surface area contributed by atoms with Gasteiger partial charge in [0.2, 0.25) is 0 Å². The number of hydrogen-bond donors (Lipinski definition) is 0. The van der Waals surface area contributed by atoms with E-state index < -0.39 is 21.6 Å². The highest BCUT2D eigenvalue weighted by molar-refractivity contribution is 8.16. The quantitative estimate of drug-likeness (QED) is 0.805. The number of amides is 1. The summed E-state index contributed by atoms with van der Waals surface area (Å²) in [4.78, 5) is 17.4. The first-order chi connectivity index (χ1) is 10.9. The summed E-state index contributed by atoms with van der Waals surface area (Å²) >= 11 is 1.24. The van der Waals surface area contributed by atoms with Crippen molar-refractivity contribution in [3.05, 3.63) is 30.1 Å². The minimum absolute atomic E-state index is 0.0291. The summed E-state index contributed by atoms with van der Waals surface area (Å²) in [7, 11) is -1.75. The van der Waals surface area contributed by atoms with Gasteiger partial charge in [-0.25, -0.2) is 12.8 Å². The molecule has 1 amide bonds. The molecule has 23 heavy (non-hydrogen) atoms. The average molecular weight is 358 g/mol. The Morgan fingerprint density at radius 2 is 2.26 bits per heavy atom. The van der Waals surface area contributed by atoms with E-state index in [9.17, 15) is 17.6 Å². The fraction of sp³-hybridized carbons (Fsp3) is 0.429. The molecule has 2 aliphatic heterocycles. The molecule has 0 radical (unpaired) electrons. The molecule has 0 bridgehead atoms. The molecule has 2 atom stereocenters. The molecule has 0 aliphatic carbocycles. The second-order valence-electron chi connectivity index (χ2n) is 5.37. The zero-order valence-corrected chi connectivity index (χ0v) is 13.9. The van der Waals surface area contributed by atoms with E-state index >= 15 is 0 Å². The van der Waals surface area contributed by atoms with Crippen LogP contribution >= 0.6 is 11.8 Å². The highest BCUT2D eigenvalue weighted by Crippen LogP contribution is 2.41. The van der Waals surface area contributed by atoms with Crippen molar-refractivity contribution in [2.75, 3.05) is 30.1 Å². The number of carbonyl (C=O) groups is 1. The number of anilines is 1. The normalized spacial score (nSPS) is 27.4. The van der Waals surface area contributed by atoms with Gasteiger partial charge in [0, 0.05) is 18.0 Å². The van der Waals surface area contributed by atoms with Crippen LogP contribution < -0.4 is 4.90 Å². The van der Waals surface area contributed by atoms with E-state index in [1.165, 1.54) is 31.0 Å². The van der Waals surface area contributed by atoms with Crippen LogP contribution in [0.5, 0.6) is 0 Å². The SMILES string of the molecule is COCC(=O)N=C1S[C@H]2CS(=O)(=O)C[C@@H]2N1c1cccc(F)c1. The van der Waals surface area contributed by atoms with Crippen LogP contribution in [0.4, 0.5) is 10.1 Å². The van der Waals surface area contributed by atoms with Crippen molar-refractivity contribution in [3.63, 3.8) is 0 Å². The Bertz CT molecular complexity index is 766.